The molecule has 0 bridgehead atoms. The van der Waals surface area contributed by atoms with Crippen LogP contribution < -0.4 is 5.73 Å². The summed E-state index contributed by atoms with van der Waals surface area (Å²) in [5.41, 5.74) is 5.71. The summed E-state index contributed by atoms with van der Waals surface area (Å²) in [6, 6.07) is 0. The first kappa shape index (κ1) is 6.42. The number of rotatable bonds is 1. The number of hydrogen-bond donors (Lipinski definition) is 1. The zero-order valence-corrected chi connectivity index (χ0v) is 5.65. The third kappa shape index (κ3) is 1.61. The first-order chi connectivity index (χ1) is 4.30. The number of allylic oxidation sites excluding steroid dienone is 2. The molecule has 3 heteroatoms. The average Bonchev–Trinajstić information content (AvgIpc) is 1.90. The van der Waals surface area contributed by atoms with Crippen molar-refractivity contribution in [2.75, 3.05) is 5.75 Å². The largest absolute Gasteiger partial charge is 0.366 e. The molecule has 0 aromatic carbocycles. The van der Waals surface area contributed by atoms with E-state index in [-0.39, 0.29) is 5.91 Å². The first-order valence-corrected chi connectivity index (χ1v) is 3.62. The fraction of sp³-hybridized carbons (Fsp3) is 0.167. The van der Waals surface area contributed by atoms with E-state index < -0.39 is 0 Å². The van der Waals surface area contributed by atoms with Crippen molar-refractivity contribution < 1.29 is 4.79 Å². The van der Waals surface area contributed by atoms with Gasteiger partial charge in [0.1, 0.15) is 0 Å². The number of primary amides is 1. The molecule has 48 valence electrons. The maximum Gasteiger partial charge on any atom is 0.245 e. The normalized spacial score (nSPS) is 17.1. The van der Waals surface area contributed by atoms with Gasteiger partial charge in [0.05, 0.1) is 0 Å². The Morgan fingerprint density at radius 2 is 2.56 bits per heavy atom. The minimum Gasteiger partial charge on any atom is -0.366 e. The molecule has 0 saturated carbocycles. The molecule has 0 unspecified atom stereocenters. The Labute approximate surface area is 57.8 Å². The van der Waals surface area contributed by atoms with E-state index in [4.69, 9.17) is 5.73 Å². The lowest BCUT2D eigenvalue weighted by molar-refractivity contribution is -0.114. The predicted octanol–water partition coefficient (Wildman–Crippen LogP) is 0.659. The molecule has 1 aliphatic heterocycles. The molecule has 1 rings (SSSR count). The first-order valence-electron chi connectivity index (χ1n) is 2.58. The molecule has 0 aromatic rings. The van der Waals surface area contributed by atoms with E-state index in [9.17, 15) is 4.79 Å². The molecule has 1 amide bonds. The van der Waals surface area contributed by atoms with Crippen molar-refractivity contribution in [1.29, 1.82) is 0 Å². The quantitative estimate of drug-likeness (QED) is 0.583. The number of nitrogens with two attached hydrogens (primary N) is 1. The maximum atomic E-state index is 10.5. The van der Waals surface area contributed by atoms with Crippen molar-refractivity contribution >= 4 is 17.7 Å². The highest BCUT2D eigenvalue weighted by Crippen LogP contribution is 2.13. The van der Waals surface area contributed by atoms with Crippen LogP contribution in [0.3, 0.4) is 0 Å². The second kappa shape index (κ2) is 2.73. The predicted molar refractivity (Wildman–Crippen MR) is 38.9 cm³/mol. The van der Waals surface area contributed by atoms with Gasteiger partial charge in [-0.15, -0.1) is 11.8 Å². The van der Waals surface area contributed by atoms with Gasteiger partial charge in [-0.05, 0) is 5.41 Å². The van der Waals surface area contributed by atoms with Crippen LogP contribution in [0.1, 0.15) is 0 Å². The van der Waals surface area contributed by atoms with E-state index in [2.05, 4.69) is 0 Å². The zero-order valence-electron chi connectivity index (χ0n) is 4.83. The number of hydrogen-bond acceptors (Lipinski definition) is 2. The number of carbonyl (C=O) groups excluding carboxylic acids is 1. The highest BCUT2D eigenvalue weighted by atomic mass is 32.2. The molecule has 1 aliphatic rings. The molecule has 0 radical (unpaired) electrons. The lowest BCUT2D eigenvalue weighted by Crippen LogP contribution is -2.15. The summed E-state index contributed by atoms with van der Waals surface area (Å²) >= 11 is 1.58. The van der Waals surface area contributed by atoms with Crippen LogP contribution in [0.4, 0.5) is 0 Å². The van der Waals surface area contributed by atoms with Crippen molar-refractivity contribution in [3.05, 3.63) is 23.1 Å². The zero-order chi connectivity index (χ0) is 6.69. The molecule has 0 saturated heterocycles. The summed E-state index contributed by atoms with van der Waals surface area (Å²) < 4.78 is 0. The molecule has 2 N–H and O–H groups in total. The number of carbonyl (C=O) groups is 1. The lowest BCUT2D eigenvalue weighted by atomic mass is 10.2. The monoisotopic (exact) mass is 141 g/mol. The Balaban J connectivity index is 2.68. The molecule has 0 atom stereocenters. The van der Waals surface area contributed by atoms with Gasteiger partial charge in [0.2, 0.25) is 5.91 Å². The lowest BCUT2D eigenvalue weighted by Gasteiger charge is -2.01. The highest BCUT2D eigenvalue weighted by molar-refractivity contribution is 8.02. The van der Waals surface area contributed by atoms with E-state index in [1.54, 1.807) is 17.8 Å². The van der Waals surface area contributed by atoms with Crippen LogP contribution in [0.2, 0.25) is 0 Å². The van der Waals surface area contributed by atoms with Crippen molar-refractivity contribution in [2.45, 2.75) is 0 Å². The Morgan fingerprint density at radius 1 is 1.78 bits per heavy atom. The summed E-state index contributed by atoms with van der Waals surface area (Å²) in [5, 5.41) is 1.94. The standard InChI is InChI=1S/C6H7NOS/c7-6(8)5-2-1-3-9-4-5/h1-3H,4H2,(H2,7,8). The molecule has 0 aromatic heterocycles. The fourth-order valence-corrected chi connectivity index (χ4v) is 1.25. The maximum absolute atomic E-state index is 10.5. The van der Waals surface area contributed by atoms with Gasteiger partial charge in [-0.1, -0.05) is 12.2 Å². The van der Waals surface area contributed by atoms with Gasteiger partial charge < -0.3 is 5.73 Å². The summed E-state index contributed by atoms with van der Waals surface area (Å²) in [7, 11) is 0. The smallest absolute Gasteiger partial charge is 0.245 e. The number of thioether (sulfide) groups is 1. The molecule has 9 heavy (non-hydrogen) atoms. The topological polar surface area (TPSA) is 43.1 Å². The molecule has 0 aliphatic carbocycles. The summed E-state index contributed by atoms with van der Waals surface area (Å²) in [5.74, 6) is 0.401. The summed E-state index contributed by atoms with van der Waals surface area (Å²) in [6.45, 7) is 0. The van der Waals surface area contributed by atoms with Crippen LogP contribution in [0.15, 0.2) is 23.1 Å². The van der Waals surface area contributed by atoms with E-state index in [1.165, 1.54) is 0 Å². The second-order valence-electron chi connectivity index (χ2n) is 1.70. The van der Waals surface area contributed by atoms with Crippen LogP contribution in [-0.2, 0) is 4.79 Å². The second-order valence-corrected chi connectivity index (χ2v) is 2.59. The van der Waals surface area contributed by atoms with Gasteiger partial charge in [-0.3, -0.25) is 4.79 Å². The fourth-order valence-electron chi connectivity index (χ4n) is 0.550. The average molecular weight is 141 g/mol. The van der Waals surface area contributed by atoms with Crippen LogP contribution in [0, 0.1) is 0 Å². The third-order valence-electron chi connectivity index (χ3n) is 1.03. The highest BCUT2D eigenvalue weighted by Gasteiger charge is 2.04. The molecule has 2 nitrogen and oxygen atoms in total. The van der Waals surface area contributed by atoms with Crippen LogP contribution in [-0.4, -0.2) is 11.7 Å². The third-order valence-corrected chi connectivity index (χ3v) is 1.85. The SMILES string of the molecule is NC(=O)C1=CC=CSC1. The van der Waals surface area contributed by atoms with Gasteiger partial charge >= 0.3 is 0 Å². The summed E-state index contributed by atoms with van der Waals surface area (Å²) in [4.78, 5) is 10.5. The van der Waals surface area contributed by atoms with E-state index in [0.717, 1.165) is 0 Å². The van der Waals surface area contributed by atoms with Gasteiger partial charge in [0.15, 0.2) is 0 Å². The van der Waals surface area contributed by atoms with Gasteiger partial charge in [-0.25, -0.2) is 0 Å². The van der Waals surface area contributed by atoms with Crippen molar-refractivity contribution in [3.63, 3.8) is 0 Å². The Bertz CT molecular complexity index is 183. The van der Waals surface area contributed by atoms with Crippen LogP contribution in [0.25, 0.3) is 0 Å². The molecule has 0 fully saturated rings. The van der Waals surface area contributed by atoms with Gasteiger partial charge in [-0.2, -0.15) is 0 Å². The Kier molecular flexibility index (Phi) is 1.95. The Morgan fingerprint density at radius 3 is 2.89 bits per heavy atom. The Hall–Kier alpha value is -0.700. The summed E-state index contributed by atoms with van der Waals surface area (Å²) in [6.07, 6.45) is 3.58. The van der Waals surface area contributed by atoms with Crippen LogP contribution >= 0.6 is 11.8 Å². The van der Waals surface area contributed by atoms with Crippen molar-refractivity contribution in [3.8, 4) is 0 Å². The van der Waals surface area contributed by atoms with Crippen molar-refractivity contribution in [2.24, 2.45) is 5.73 Å². The van der Waals surface area contributed by atoms with E-state index in [1.807, 2.05) is 11.5 Å². The molecule has 1 heterocycles. The van der Waals surface area contributed by atoms with E-state index >= 15 is 0 Å². The molecular weight excluding hydrogens is 134 g/mol. The molecule has 0 spiro atoms. The van der Waals surface area contributed by atoms with E-state index in [0.29, 0.717) is 11.3 Å². The van der Waals surface area contributed by atoms with Crippen molar-refractivity contribution in [1.82, 2.24) is 0 Å². The minimum atomic E-state index is -0.313. The minimum absolute atomic E-state index is 0.313. The molecular formula is C6H7NOS. The number of amides is 1. The van der Waals surface area contributed by atoms with Crippen LogP contribution in [0.5, 0.6) is 0 Å². The van der Waals surface area contributed by atoms with Gasteiger partial charge in [0, 0.05) is 11.3 Å². The van der Waals surface area contributed by atoms with Gasteiger partial charge in [0.25, 0.3) is 0 Å².